The lowest BCUT2D eigenvalue weighted by Crippen LogP contribution is -2.23. The Labute approximate surface area is 126 Å². The van der Waals surface area contributed by atoms with Crippen LogP contribution in [0.25, 0.3) is 0 Å². The van der Waals surface area contributed by atoms with Gasteiger partial charge in [-0.3, -0.25) is 4.68 Å². The minimum atomic E-state index is 0.578. The maximum Gasteiger partial charge on any atom is 0.0679 e. The van der Waals surface area contributed by atoms with Crippen molar-refractivity contribution in [2.45, 2.75) is 31.8 Å². The Morgan fingerprint density at radius 2 is 2.10 bits per heavy atom. The molecule has 1 aliphatic heterocycles. The third kappa shape index (κ3) is 3.85. The lowest BCUT2D eigenvalue weighted by Gasteiger charge is -2.20. The van der Waals surface area contributed by atoms with Crippen molar-refractivity contribution in [3.05, 3.63) is 48.3 Å². The van der Waals surface area contributed by atoms with E-state index in [-0.39, 0.29) is 0 Å². The first-order valence-electron chi connectivity index (χ1n) is 7.82. The predicted molar refractivity (Wildman–Crippen MR) is 86.5 cm³/mol. The molecule has 4 heteroatoms. The van der Waals surface area contributed by atoms with Crippen molar-refractivity contribution >= 4 is 5.69 Å². The monoisotopic (exact) mass is 284 g/mol. The van der Waals surface area contributed by atoms with Gasteiger partial charge in [0.15, 0.2) is 0 Å². The fraction of sp³-hybridized carbons (Fsp3) is 0.471. The SMILES string of the molecule is CN1CCCC(Nc2ccccc2Cn2cccn2)CC1. The van der Waals surface area contributed by atoms with Gasteiger partial charge in [0.25, 0.3) is 0 Å². The van der Waals surface area contributed by atoms with Gasteiger partial charge in [0.05, 0.1) is 6.54 Å². The second kappa shape index (κ2) is 6.76. The molecule has 0 aliphatic carbocycles. The van der Waals surface area contributed by atoms with E-state index in [1.54, 1.807) is 0 Å². The summed E-state index contributed by atoms with van der Waals surface area (Å²) >= 11 is 0. The van der Waals surface area contributed by atoms with Crippen LogP contribution in [0.1, 0.15) is 24.8 Å². The molecule has 0 spiro atoms. The molecule has 2 aromatic rings. The van der Waals surface area contributed by atoms with Gasteiger partial charge in [-0.25, -0.2) is 0 Å². The first kappa shape index (κ1) is 14.1. The molecule has 2 heterocycles. The summed E-state index contributed by atoms with van der Waals surface area (Å²) in [4.78, 5) is 2.43. The lowest BCUT2D eigenvalue weighted by molar-refractivity contribution is 0.348. The fourth-order valence-electron chi connectivity index (χ4n) is 2.97. The summed E-state index contributed by atoms with van der Waals surface area (Å²) in [6.45, 7) is 3.22. The van der Waals surface area contributed by atoms with Crippen molar-refractivity contribution < 1.29 is 0 Å². The van der Waals surface area contributed by atoms with E-state index in [2.05, 4.69) is 46.6 Å². The molecule has 3 rings (SSSR count). The zero-order valence-electron chi connectivity index (χ0n) is 12.7. The summed E-state index contributed by atoms with van der Waals surface area (Å²) in [5, 5.41) is 8.06. The van der Waals surface area contributed by atoms with Gasteiger partial charge in [0, 0.05) is 24.1 Å². The quantitative estimate of drug-likeness (QED) is 0.937. The molecule has 4 nitrogen and oxygen atoms in total. The van der Waals surface area contributed by atoms with Crippen molar-refractivity contribution in [2.75, 3.05) is 25.5 Å². The van der Waals surface area contributed by atoms with Crippen LogP contribution in [0.2, 0.25) is 0 Å². The fourth-order valence-corrected chi connectivity index (χ4v) is 2.97. The minimum Gasteiger partial charge on any atom is -0.382 e. The van der Waals surface area contributed by atoms with E-state index in [1.165, 1.54) is 43.6 Å². The molecule has 1 aliphatic rings. The molecule has 1 fully saturated rings. The van der Waals surface area contributed by atoms with E-state index < -0.39 is 0 Å². The Morgan fingerprint density at radius 1 is 1.19 bits per heavy atom. The van der Waals surface area contributed by atoms with Crippen LogP contribution in [0.5, 0.6) is 0 Å². The molecule has 0 amide bonds. The molecule has 112 valence electrons. The Bertz CT molecular complexity index is 550. The highest BCUT2D eigenvalue weighted by Crippen LogP contribution is 2.21. The molecule has 1 atom stereocenters. The Kier molecular flexibility index (Phi) is 4.55. The van der Waals surface area contributed by atoms with Crippen LogP contribution in [0.4, 0.5) is 5.69 Å². The summed E-state index contributed by atoms with van der Waals surface area (Å²) < 4.78 is 1.97. The topological polar surface area (TPSA) is 33.1 Å². The van der Waals surface area contributed by atoms with E-state index in [1.807, 2.05) is 23.1 Å². The van der Waals surface area contributed by atoms with Crippen molar-refractivity contribution in [3.63, 3.8) is 0 Å². The van der Waals surface area contributed by atoms with Gasteiger partial charge in [-0.2, -0.15) is 5.10 Å². The van der Waals surface area contributed by atoms with Crippen LogP contribution >= 0.6 is 0 Å². The zero-order valence-corrected chi connectivity index (χ0v) is 12.7. The van der Waals surface area contributed by atoms with Crippen LogP contribution in [-0.4, -0.2) is 40.9 Å². The maximum absolute atomic E-state index is 4.31. The number of rotatable bonds is 4. The first-order valence-corrected chi connectivity index (χ1v) is 7.82. The second-order valence-electron chi connectivity index (χ2n) is 5.94. The third-order valence-electron chi connectivity index (χ3n) is 4.22. The number of hydrogen-bond donors (Lipinski definition) is 1. The number of benzene rings is 1. The molecule has 21 heavy (non-hydrogen) atoms. The van der Waals surface area contributed by atoms with Crippen molar-refractivity contribution in [3.8, 4) is 0 Å². The Balaban J connectivity index is 1.70. The molecule has 1 unspecified atom stereocenters. The number of hydrogen-bond acceptors (Lipinski definition) is 3. The summed E-state index contributed by atoms with van der Waals surface area (Å²) in [6.07, 6.45) is 7.58. The molecule has 1 aromatic carbocycles. The average Bonchev–Trinajstić information content (AvgIpc) is 2.91. The summed E-state index contributed by atoms with van der Waals surface area (Å²) in [5.74, 6) is 0. The van der Waals surface area contributed by atoms with Gasteiger partial charge >= 0.3 is 0 Å². The number of nitrogens with one attached hydrogen (secondary N) is 1. The molecule has 1 saturated heterocycles. The standard InChI is InChI=1S/C17H24N4/c1-20-11-4-7-16(9-13-20)19-17-8-3-2-6-15(17)14-21-12-5-10-18-21/h2-3,5-6,8,10,12,16,19H,4,7,9,11,13-14H2,1H3. The summed E-state index contributed by atoms with van der Waals surface area (Å²) in [5.41, 5.74) is 2.56. The summed E-state index contributed by atoms with van der Waals surface area (Å²) in [6, 6.07) is 11.1. The second-order valence-corrected chi connectivity index (χ2v) is 5.94. The average molecular weight is 284 g/mol. The van der Waals surface area contributed by atoms with E-state index in [9.17, 15) is 0 Å². The lowest BCUT2D eigenvalue weighted by atomic mass is 10.1. The summed E-state index contributed by atoms with van der Waals surface area (Å²) in [7, 11) is 2.22. The Hall–Kier alpha value is -1.81. The highest BCUT2D eigenvalue weighted by Gasteiger charge is 2.15. The highest BCUT2D eigenvalue weighted by atomic mass is 15.3. The normalized spacial score (nSPS) is 20.1. The molecule has 0 radical (unpaired) electrons. The Morgan fingerprint density at radius 3 is 2.95 bits per heavy atom. The first-order chi connectivity index (χ1) is 10.3. The van der Waals surface area contributed by atoms with E-state index >= 15 is 0 Å². The van der Waals surface area contributed by atoms with Crippen LogP contribution in [0.15, 0.2) is 42.7 Å². The smallest absolute Gasteiger partial charge is 0.0679 e. The molecular weight excluding hydrogens is 260 g/mol. The molecule has 0 saturated carbocycles. The predicted octanol–water partition coefficient (Wildman–Crippen LogP) is 2.83. The number of para-hydroxylation sites is 1. The third-order valence-corrected chi connectivity index (χ3v) is 4.22. The minimum absolute atomic E-state index is 0.578. The highest BCUT2D eigenvalue weighted by molar-refractivity contribution is 5.51. The van der Waals surface area contributed by atoms with Crippen molar-refractivity contribution in [2.24, 2.45) is 0 Å². The van der Waals surface area contributed by atoms with E-state index in [0.29, 0.717) is 6.04 Å². The number of likely N-dealkylation sites (tertiary alicyclic amines) is 1. The van der Waals surface area contributed by atoms with Crippen molar-refractivity contribution in [1.29, 1.82) is 0 Å². The van der Waals surface area contributed by atoms with E-state index in [0.717, 1.165) is 6.54 Å². The van der Waals surface area contributed by atoms with E-state index in [4.69, 9.17) is 0 Å². The van der Waals surface area contributed by atoms with Gasteiger partial charge in [-0.15, -0.1) is 0 Å². The number of aromatic nitrogens is 2. The van der Waals surface area contributed by atoms with Crippen LogP contribution < -0.4 is 5.32 Å². The molecule has 1 aromatic heterocycles. The van der Waals surface area contributed by atoms with Crippen molar-refractivity contribution in [1.82, 2.24) is 14.7 Å². The van der Waals surface area contributed by atoms with Crippen LogP contribution in [0.3, 0.4) is 0 Å². The number of anilines is 1. The number of nitrogens with zero attached hydrogens (tertiary/aromatic N) is 3. The van der Waals surface area contributed by atoms with Gasteiger partial charge in [-0.1, -0.05) is 18.2 Å². The molecule has 0 bridgehead atoms. The van der Waals surface area contributed by atoms with Gasteiger partial charge in [0.2, 0.25) is 0 Å². The zero-order chi connectivity index (χ0) is 14.5. The van der Waals surface area contributed by atoms with Gasteiger partial charge in [0.1, 0.15) is 0 Å². The van der Waals surface area contributed by atoms with Gasteiger partial charge < -0.3 is 10.2 Å². The van der Waals surface area contributed by atoms with Crippen LogP contribution in [-0.2, 0) is 6.54 Å². The largest absolute Gasteiger partial charge is 0.382 e. The maximum atomic E-state index is 4.31. The van der Waals surface area contributed by atoms with Gasteiger partial charge in [-0.05, 0) is 57.1 Å². The van der Waals surface area contributed by atoms with Crippen LogP contribution in [0, 0.1) is 0 Å². The molecule has 1 N–H and O–H groups in total. The molecular formula is C17H24N4.